The molecule has 0 aromatic heterocycles. The first-order valence-electron chi connectivity index (χ1n) is 8.37. The van der Waals surface area contributed by atoms with Gasteiger partial charge in [0.2, 0.25) is 5.91 Å². The number of carbonyl (C=O) groups excluding carboxylic acids is 3. The zero-order valence-electron chi connectivity index (χ0n) is 14.8. The minimum Gasteiger partial charge on any atom is -0.458 e. The highest BCUT2D eigenvalue weighted by molar-refractivity contribution is 5.98. The summed E-state index contributed by atoms with van der Waals surface area (Å²) in [6.45, 7) is 7.02. The summed E-state index contributed by atoms with van der Waals surface area (Å²) in [6, 6.07) is 5.34. The van der Waals surface area contributed by atoms with E-state index in [4.69, 9.17) is 9.47 Å². The smallest absolute Gasteiger partial charge is 0.410 e. The summed E-state index contributed by atoms with van der Waals surface area (Å²) in [6.07, 6.45) is 1.44. The predicted octanol–water partition coefficient (Wildman–Crippen LogP) is 1.73. The summed E-state index contributed by atoms with van der Waals surface area (Å²) in [5.41, 5.74) is 0.636. The summed E-state index contributed by atoms with van der Waals surface area (Å²) < 4.78 is 9.91. The van der Waals surface area contributed by atoms with E-state index in [1.807, 2.05) is 0 Å². The van der Waals surface area contributed by atoms with E-state index >= 15 is 0 Å². The van der Waals surface area contributed by atoms with Gasteiger partial charge in [0.25, 0.3) is 0 Å². The van der Waals surface area contributed by atoms with Gasteiger partial charge in [-0.25, -0.2) is 9.59 Å². The van der Waals surface area contributed by atoms with Crippen molar-refractivity contribution < 1.29 is 29.0 Å². The number of aliphatic hydroxyl groups is 1. The molecule has 1 heterocycles. The molecule has 2 atom stereocenters. The van der Waals surface area contributed by atoms with Crippen LogP contribution in [0.1, 0.15) is 16.8 Å². The van der Waals surface area contributed by atoms with Crippen LogP contribution in [0.25, 0.3) is 0 Å². The van der Waals surface area contributed by atoms with Crippen LogP contribution in [0.3, 0.4) is 0 Å². The number of carbonyl (C=O) groups is 3. The third kappa shape index (κ3) is 5.42. The van der Waals surface area contributed by atoms with Crippen LogP contribution in [-0.4, -0.2) is 59.9 Å². The molecule has 1 aliphatic heterocycles. The average molecular weight is 374 g/mol. The maximum absolute atomic E-state index is 12.6. The van der Waals surface area contributed by atoms with Crippen LogP contribution in [-0.2, 0) is 14.3 Å². The molecule has 1 fully saturated rings. The Morgan fingerprint density at radius 2 is 1.93 bits per heavy atom. The number of amides is 2. The number of benzene rings is 1. The molecule has 144 valence electrons. The Kier molecular flexibility index (Phi) is 7.13. The molecule has 0 unspecified atom stereocenters. The Hall–Kier alpha value is -3.13. The highest BCUT2D eigenvalue weighted by Crippen LogP contribution is 2.21. The van der Waals surface area contributed by atoms with Gasteiger partial charge in [0, 0.05) is 12.1 Å². The van der Waals surface area contributed by atoms with E-state index in [1.165, 1.54) is 23.1 Å². The number of ether oxygens (including phenoxy) is 2. The number of rotatable bonds is 7. The van der Waals surface area contributed by atoms with E-state index in [0.717, 1.165) is 0 Å². The van der Waals surface area contributed by atoms with Crippen molar-refractivity contribution in [3.8, 4) is 0 Å². The highest BCUT2D eigenvalue weighted by atomic mass is 16.6. The normalized spacial score (nSPS) is 18.5. The Bertz CT molecular complexity index is 733. The second-order valence-electron chi connectivity index (χ2n) is 5.88. The molecular formula is C19H22N2O6. The lowest BCUT2D eigenvalue weighted by Gasteiger charge is -2.22. The standard InChI is InChI=1S/C19H22N2O6/c1-3-8-26-18(24)13-6-5-7-14(10-13)20-17(23)16-11-15(22)12-21(16)19(25)27-9-4-2/h3-7,10,15-16,22H,1-2,8-9,11-12H2,(H,20,23)/t15-,16+/m1/s1. The van der Waals surface area contributed by atoms with Crippen molar-refractivity contribution in [3.05, 3.63) is 55.1 Å². The number of nitrogens with zero attached hydrogens (tertiary/aromatic N) is 1. The van der Waals surface area contributed by atoms with E-state index in [2.05, 4.69) is 18.5 Å². The molecule has 1 aliphatic rings. The molecule has 0 saturated carbocycles. The van der Waals surface area contributed by atoms with Crippen LogP contribution in [0.4, 0.5) is 10.5 Å². The molecule has 2 rings (SSSR count). The van der Waals surface area contributed by atoms with Crippen molar-refractivity contribution in [1.82, 2.24) is 4.90 Å². The summed E-state index contributed by atoms with van der Waals surface area (Å²) in [7, 11) is 0. The third-order valence-electron chi connectivity index (χ3n) is 3.84. The highest BCUT2D eigenvalue weighted by Gasteiger charge is 2.39. The molecule has 0 aliphatic carbocycles. The Balaban J connectivity index is 2.06. The van der Waals surface area contributed by atoms with Gasteiger partial charge in [0.1, 0.15) is 19.3 Å². The van der Waals surface area contributed by atoms with Gasteiger partial charge in [-0.15, -0.1) is 0 Å². The number of likely N-dealkylation sites (tertiary alicyclic amines) is 1. The molecule has 0 radical (unpaired) electrons. The van der Waals surface area contributed by atoms with Crippen LogP contribution in [0, 0.1) is 0 Å². The molecule has 1 aromatic rings. The number of hydrogen-bond donors (Lipinski definition) is 2. The minimum absolute atomic E-state index is 0.00197. The maximum Gasteiger partial charge on any atom is 0.410 e. The Morgan fingerprint density at radius 1 is 1.22 bits per heavy atom. The average Bonchev–Trinajstić information content (AvgIpc) is 3.06. The molecule has 1 saturated heterocycles. The quantitative estimate of drug-likeness (QED) is 0.556. The van der Waals surface area contributed by atoms with Gasteiger partial charge >= 0.3 is 12.1 Å². The van der Waals surface area contributed by atoms with Crippen molar-refractivity contribution in [2.24, 2.45) is 0 Å². The summed E-state index contributed by atoms with van der Waals surface area (Å²) in [4.78, 5) is 37.7. The van der Waals surface area contributed by atoms with Crippen LogP contribution in [0.2, 0.25) is 0 Å². The van der Waals surface area contributed by atoms with Crippen molar-refractivity contribution in [2.75, 3.05) is 25.1 Å². The second-order valence-corrected chi connectivity index (χ2v) is 5.88. The fourth-order valence-corrected chi connectivity index (χ4v) is 2.64. The van der Waals surface area contributed by atoms with Crippen molar-refractivity contribution in [2.45, 2.75) is 18.6 Å². The van der Waals surface area contributed by atoms with Crippen molar-refractivity contribution >= 4 is 23.7 Å². The molecule has 8 nitrogen and oxygen atoms in total. The molecule has 8 heteroatoms. The molecule has 0 bridgehead atoms. The number of β-amino-alcohol motifs (C(OH)–C–C–N with tert-alkyl or cyclic N) is 1. The molecule has 0 spiro atoms. The second kappa shape index (κ2) is 9.54. The lowest BCUT2D eigenvalue weighted by atomic mass is 10.1. The minimum atomic E-state index is -0.881. The maximum atomic E-state index is 12.6. The van der Waals surface area contributed by atoms with Gasteiger partial charge in [-0.05, 0) is 18.2 Å². The van der Waals surface area contributed by atoms with Crippen LogP contribution < -0.4 is 5.32 Å². The molecule has 1 aromatic carbocycles. The molecular weight excluding hydrogens is 352 g/mol. The predicted molar refractivity (Wildman–Crippen MR) is 98.2 cm³/mol. The number of esters is 1. The first kappa shape index (κ1) is 20.2. The lowest BCUT2D eigenvalue weighted by Crippen LogP contribution is -2.43. The lowest BCUT2D eigenvalue weighted by molar-refractivity contribution is -0.120. The van der Waals surface area contributed by atoms with E-state index < -0.39 is 30.1 Å². The fraction of sp³-hybridized carbons (Fsp3) is 0.316. The van der Waals surface area contributed by atoms with E-state index in [9.17, 15) is 19.5 Å². The number of hydrogen-bond acceptors (Lipinski definition) is 6. The van der Waals surface area contributed by atoms with Gasteiger partial charge in [0.15, 0.2) is 0 Å². The summed E-state index contributed by atoms with van der Waals surface area (Å²) in [5.74, 6) is -1.03. The first-order chi connectivity index (χ1) is 13.0. The monoisotopic (exact) mass is 374 g/mol. The molecule has 2 amide bonds. The zero-order chi connectivity index (χ0) is 19.8. The fourth-order valence-electron chi connectivity index (χ4n) is 2.64. The third-order valence-corrected chi connectivity index (χ3v) is 3.84. The van der Waals surface area contributed by atoms with Crippen molar-refractivity contribution in [1.29, 1.82) is 0 Å². The number of nitrogens with one attached hydrogen (secondary N) is 1. The summed E-state index contributed by atoms with van der Waals surface area (Å²) >= 11 is 0. The van der Waals surface area contributed by atoms with Gasteiger partial charge in [0.05, 0.1) is 18.2 Å². The van der Waals surface area contributed by atoms with Crippen LogP contribution in [0.5, 0.6) is 0 Å². The van der Waals surface area contributed by atoms with E-state index in [1.54, 1.807) is 18.2 Å². The Morgan fingerprint density at radius 3 is 2.63 bits per heavy atom. The number of aliphatic hydroxyl groups excluding tert-OH is 1. The first-order valence-corrected chi connectivity index (χ1v) is 8.37. The topological polar surface area (TPSA) is 105 Å². The van der Waals surface area contributed by atoms with Crippen LogP contribution >= 0.6 is 0 Å². The van der Waals surface area contributed by atoms with E-state index in [-0.39, 0.29) is 31.7 Å². The van der Waals surface area contributed by atoms with Gasteiger partial charge < -0.3 is 19.9 Å². The SMILES string of the molecule is C=CCOC(=O)c1cccc(NC(=O)[C@@H]2C[C@@H](O)CN2C(=O)OCC=C)c1. The molecule has 27 heavy (non-hydrogen) atoms. The molecule has 2 N–H and O–H groups in total. The van der Waals surface area contributed by atoms with Gasteiger partial charge in [-0.3, -0.25) is 9.69 Å². The largest absolute Gasteiger partial charge is 0.458 e. The van der Waals surface area contributed by atoms with E-state index in [0.29, 0.717) is 5.69 Å². The van der Waals surface area contributed by atoms with Gasteiger partial charge in [-0.1, -0.05) is 31.4 Å². The number of anilines is 1. The zero-order valence-corrected chi connectivity index (χ0v) is 14.8. The van der Waals surface area contributed by atoms with Gasteiger partial charge in [-0.2, -0.15) is 0 Å². The van der Waals surface area contributed by atoms with Crippen molar-refractivity contribution in [3.63, 3.8) is 0 Å². The van der Waals surface area contributed by atoms with Crippen LogP contribution in [0.15, 0.2) is 49.6 Å². The Labute approximate surface area is 157 Å². The summed E-state index contributed by atoms with van der Waals surface area (Å²) in [5, 5.41) is 12.5.